The fourth-order valence-electron chi connectivity index (χ4n) is 2.55. The van der Waals surface area contributed by atoms with E-state index in [1.165, 1.54) is 0 Å². The van der Waals surface area contributed by atoms with Crippen LogP contribution in [0.25, 0.3) is 0 Å². The summed E-state index contributed by atoms with van der Waals surface area (Å²) in [6.45, 7) is 4.40. The largest absolute Gasteiger partial charge is 0.492 e. The van der Waals surface area contributed by atoms with E-state index in [0.717, 1.165) is 16.9 Å². The number of carbonyl (C=O) groups excluding carboxylic acids is 1. The van der Waals surface area contributed by atoms with E-state index in [0.29, 0.717) is 28.8 Å². The van der Waals surface area contributed by atoms with Crippen molar-refractivity contribution in [2.45, 2.75) is 13.8 Å². The first-order valence-corrected chi connectivity index (χ1v) is 8.97. The predicted molar refractivity (Wildman–Crippen MR) is 109 cm³/mol. The molecule has 0 saturated carbocycles. The number of aryl methyl sites for hydroxylation is 1. The van der Waals surface area contributed by atoms with Crippen molar-refractivity contribution in [3.8, 4) is 5.75 Å². The molecule has 0 fully saturated rings. The van der Waals surface area contributed by atoms with Crippen LogP contribution >= 0.6 is 11.6 Å². The molecule has 0 unspecified atom stereocenters. The summed E-state index contributed by atoms with van der Waals surface area (Å²) in [6.07, 6.45) is 1.59. The number of benzene rings is 2. The number of nitrogens with zero attached hydrogens (tertiary/aromatic N) is 1. The molecule has 0 radical (unpaired) electrons. The molecule has 3 aromatic rings. The lowest BCUT2D eigenvalue weighted by molar-refractivity contribution is 0.102. The molecule has 0 saturated heterocycles. The second kappa shape index (κ2) is 8.56. The first kappa shape index (κ1) is 18.7. The maximum atomic E-state index is 12.6. The molecule has 0 atom stereocenters. The standard InChI is InChI=1S/C21H20ClN3O2/c1-3-27-20-7-5-4-6-17(20)25-21(26)19-13-16(10-11-23-19)24-18-12-15(22)9-8-14(18)2/h4-13H,3H2,1-2H3,(H,23,24)(H,25,26). The van der Waals surface area contributed by atoms with E-state index < -0.39 is 0 Å². The van der Waals surface area contributed by atoms with Crippen LogP contribution in [0.15, 0.2) is 60.8 Å². The van der Waals surface area contributed by atoms with E-state index >= 15 is 0 Å². The lowest BCUT2D eigenvalue weighted by Crippen LogP contribution is -2.14. The topological polar surface area (TPSA) is 63.2 Å². The minimum atomic E-state index is -0.311. The van der Waals surface area contributed by atoms with Gasteiger partial charge < -0.3 is 15.4 Å². The SMILES string of the molecule is CCOc1ccccc1NC(=O)c1cc(Nc2cc(Cl)ccc2C)ccn1. The van der Waals surface area contributed by atoms with E-state index in [2.05, 4.69) is 15.6 Å². The summed E-state index contributed by atoms with van der Waals surface area (Å²) < 4.78 is 5.54. The zero-order valence-corrected chi connectivity index (χ0v) is 15.9. The van der Waals surface area contributed by atoms with Gasteiger partial charge in [-0.15, -0.1) is 0 Å². The first-order valence-electron chi connectivity index (χ1n) is 8.59. The Morgan fingerprint density at radius 1 is 1.11 bits per heavy atom. The molecule has 0 aliphatic rings. The van der Waals surface area contributed by atoms with Gasteiger partial charge in [0.2, 0.25) is 0 Å². The highest BCUT2D eigenvalue weighted by atomic mass is 35.5. The number of amides is 1. The number of pyridine rings is 1. The van der Waals surface area contributed by atoms with Crippen LogP contribution in [0.3, 0.4) is 0 Å². The van der Waals surface area contributed by atoms with E-state index in [1.54, 1.807) is 24.4 Å². The zero-order valence-electron chi connectivity index (χ0n) is 15.1. The van der Waals surface area contributed by atoms with E-state index in [1.807, 2.05) is 50.2 Å². The lowest BCUT2D eigenvalue weighted by Gasteiger charge is -2.12. The second-order valence-corrected chi connectivity index (χ2v) is 6.33. The number of hydrogen-bond acceptors (Lipinski definition) is 4. The number of para-hydroxylation sites is 2. The van der Waals surface area contributed by atoms with Gasteiger partial charge in [-0.05, 0) is 55.8 Å². The number of rotatable bonds is 6. The minimum absolute atomic E-state index is 0.297. The van der Waals surface area contributed by atoms with Gasteiger partial charge in [0.05, 0.1) is 12.3 Å². The van der Waals surface area contributed by atoms with Crippen LogP contribution in [0.5, 0.6) is 5.75 Å². The van der Waals surface area contributed by atoms with Crippen molar-refractivity contribution in [3.63, 3.8) is 0 Å². The van der Waals surface area contributed by atoms with E-state index in [9.17, 15) is 4.79 Å². The quantitative estimate of drug-likeness (QED) is 0.597. The molecule has 3 rings (SSSR count). The molecule has 27 heavy (non-hydrogen) atoms. The van der Waals surface area contributed by atoms with Crippen molar-refractivity contribution in [1.29, 1.82) is 0 Å². The van der Waals surface area contributed by atoms with Crippen LogP contribution in [0, 0.1) is 6.92 Å². The van der Waals surface area contributed by atoms with Crippen molar-refractivity contribution in [2.24, 2.45) is 0 Å². The summed E-state index contributed by atoms with van der Waals surface area (Å²) in [5.74, 6) is 0.311. The maximum absolute atomic E-state index is 12.6. The smallest absolute Gasteiger partial charge is 0.274 e. The summed E-state index contributed by atoms with van der Waals surface area (Å²) in [5.41, 5.74) is 3.58. The summed E-state index contributed by atoms with van der Waals surface area (Å²) in [6, 6.07) is 16.4. The highest BCUT2D eigenvalue weighted by molar-refractivity contribution is 6.30. The Morgan fingerprint density at radius 2 is 1.93 bits per heavy atom. The van der Waals surface area contributed by atoms with Gasteiger partial charge in [0.1, 0.15) is 11.4 Å². The number of carbonyl (C=O) groups is 1. The molecule has 1 heterocycles. The van der Waals surface area contributed by atoms with Crippen LogP contribution in [-0.4, -0.2) is 17.5 Å². The van der Waals surface area contributed by atoms with Crippen LogP contribution in [-0.2, 0) is 0 Å². The minimum Gasteiger partial charge on any atom is -0.492 e. The molecule has 1 aromatic heterocycles. The van der Waals surface area contributed by atoms with Crippen molar-refractivity contribution >= 4 is 34.6 Å². The highest BCUT2D eigenvalue weighted by Gasteiger charge is 2.12. The molecule has 2 N–H and O–H groups in total. The fourth-order valence-corrected chi connectivity index (χ4v) is 2.73. The van der Waals surface area contributed by atoms with Crippen molar-refractivity contribution in [3.05, 3.63) is 77.1 Å². The molecule has 1 amide bonds. The third-order valence-electron chi connectivity index (χ3n) is 3.91. The van der Waals surface area contributed by atoms with E-state index in [-0.39, 0.29) is 5.91 Å². The first-order chi connectivity index (χ1) is 13.1. The van der Waals surface area contributed by atoms with Crippen molar-refractivity contribution < 1.29 is 9.53 Å². The molecular weight excluding hydrogens is 362 g/mol. The normalized spacial score (nSPS) is 10.3. The Bertz CT molecular complexity index is 960. The fraction of sp³-hybridized carbons (Fsp3) is 0.143. The number of nitrogens with one attached hydrogen (secondary N) is 2. The number of anilines is 3. The third kappa shape index (κ3) is 4.77. The molecule has 2 aromatic carbocycles. The number of hydrogen-bond donors (Lipinski definition) is 2. The Hall–Kier alpha value is -3.05. The van der Waals surface area contributed by atoms with Gasteiger partial charge in [0.25, 0.3) is 5.91 Å². The molecule has 5 nitrogen and oxygen atoms in total. The van der Waals surface area contributed by atoms with Crippen LogP contribution < -0.4 is 15.4 Å². The molecule has 0 spiro atoms. The van der Waals surface area contributed by atoms with Gasteiger partial charge in [0.15, 0.2) is 0 Å². The lowest BCUT2D eigenvalue weighted by atomic mass is 10.2. The average Bonchev–Trinajstić information content (AvgIpc) is 2.67. The molecule has 0 aliphatic carbocycles. The predicted octanol–water partition coefficient (Wildman–Crippen LogP) is 5.44. The van der Waals surface area contributed by atoms with Gasteiger partial charge in [-0.2, -0.15) is 0 Å². The molecule has 6 heteroatoms. The average molecular weight is 382 g/mol. The summed E-state index contributed by atoms with van der Waals surface area (Å²) in [7, 11) is 0. The van der Waals surface area contributed by atoms with Crippen molar-refractivity contribution in [1.82, 2.24) is 4.98 Å². The van der Waals surface area contributed by atoms with Crippen LogP contribution in [0.2, 0.25) is 5.02 Å². The van der Waals surface area contributed by atoms with Gasteiger partial charge >= 0.3 is 0 Å². The number of halogens is 1. The Labute approximate surface area is 163 Å². The molecular formula is C21H20ClN3O2. The Kier molecular flexibility index (Phi) is 5.94. The van der Waals surface area contributed by atoms with Gasteiger partial charge in [0, 0.05) is 22.6 Å². The van der Waals surface area contributed by atoms with E-state index in [4.69, 9.17) is 16.3 Å². The number of ether oxygens (including phenoxy) is 1. The van der Waals surface area contributed by atoms with Gasteiger partial charge in [-0.3, -0.25) is 9.78 Å². The highest BCUT2D eigenvalue weighted by Crippen LogP contribution is 2.26. The third-order valence-corrected chi connectivity index (χ3v) is 4.14. The Morgan fingerprint density at radius 3 is 2.74 bits per heavy atom. The summed E-state index contributed by atoms with van der Waals surface area (Å²) in [5, 5.41) is 6.76. The summed E-state index contributed by atoms with van der Waals surface area (Å²) in [4.78, 5) is 16.8. The number of aromatic nitrogens is 1. The maximum Gasteiger partial charge on any atom is 0.274 e. The van der Waals surface area contributed by atoms with Crippen LogP contribution in [0.4, 0.5) is 17.1 Å². The second-order valence-electron chi connectivity index (χ2n) is 5.90. The summed E-state index contributed by atoms with van der Waals surface area (Å²) >= 11 is 6.07. The molecule has 0 aliphatic heterocycles. The monoisotopic (exact) mass is 381 g/mol. The Balaban J connectivity index is 1.79. The van der Waals surface area contributed by atoms with Crippen LogP contribution in [0.1, 0.15) is 23.0 Å². The van der Waals surface area contributed by atoms with Gasteiger partial charge in [-0.25, -0.2) is 0 Å². The van der Waals surface area contributed by atoms with Gasteiger partial charge in [-0.1, -0.05) is 29.8 Å². The van der Waals surface area contributed by atoms with Crippen molar-refractivity contribution in [2.75, 3.05) is 17.2 Å². The zero-order chi connectivity index (χ0) is 19.2. The molecule has 138 valence electrons. The molecule has 0 bridgehead atoms.